The lowest BCUT2D eigenvalue weighted by Crippen LogP contribution is -2.30. The number of carbonyl (C=O) groups excluding carboxylic acids is 1. The molecule has 0 amide bonds. The molecule has 2 aromatic rings. The first kappa shape index (κ1) is 12.6. The molecule has 1 N–H and O–H groups in total. The van der Waals surface area contributed by atoms with Gasteiger partial charge in [-0.25, -0.2) is 4.79 Å². The largest absolute Gasteiger partial charge is 0.468 e. The first-order chi connectivity index (χ1) is 9.29. The molecule has 1 unspecified atom stereocenters. The second-order valence-electron chi connectivity index (χ2n) is 4.99. The number of hydrogen-bond donors (Lipinski definition) is 1. The molecule has 1 heterocycles. The van der Waals surface area contributed by atoms with Gasteiger partial charge in [0.2, 0.25) is 0 Å². The van der Waals surface area contributed by atoms with Gasteiger partial charge in [-0.05, 0) is 47.7 Å². The van der Waals surface area contributed by atoms with Crippen LogP contribution in [0.4, 0.5) is 0 Å². The van der Waals surface area contributed by atoms with Gasteiger partial charge in [-0.1, -0.05) is 18.2 Å². The van der Waals surface area contributed by atoms with Gasteiger partial charge in [0.05, 0.1) is 7.11 Å². The smallest absolute Gasteiger partial charge is 0.327 e. The highest BCUT2D eigenvalue weighted by molar-refractivity contribution is 7.17. The zero-order valence-corrected chi connectivity index (χ0v) is 11.7. The molecule has 100 valence electrons. The molecule has 1 atom stereocenters. The van der Waals surface area contributed by atoms with E-state index in [-0.39, 0.29) is 12.0 Å². The highest BCUT2D eigenvalue weighted by atomic mass is 32.1. The number of ether oxygens (including phenoxy) is 1. The Morgan fingerprint density at radius 2 is 2.26 bits per heavy atom. The molecule has 1 aromatic carbocycles. The van der Waals surface area contributed by atoms with Gasteiger partial charge in [0.15, 0.2) is 0 Å². The van der Waals surface area contributed by atoms with E-state index in [0.29, 0.717) is 0 Å². The molecule has 1 saturated carbocycles. The van der Waals surface area contributed by atoms with Crippen LogP contribution in [-0.2, 0) is 9.53 Å². The Balaban J connectivity index is 1.90. The Labute approximate surface area is 116 Å². The molecule has 0 radical (unpaired) electrons. The fraction of sp³-hybridized carbons (Fsp3) is 0.400. The lowest BCUT2D eigenvalue weighted by Gasteiger charge is -2.16. The van der Waals surface area contributed by atoms with Crippen LogP contribution in [0.2, 0.25) is 0 Å². The minimum absolute atomic E-state index is 0.204. The van der Waals surface area contributed by atoms with Crippen LogP contribution in [0.5, 0.6) is 0 Å². The van der Waals surface area contributed by atoms with Gasteiger partial charge >= 0.3 is 5.97 Å². The standard InChI is InChI=1S/C15H17NO2S/c1-18-15(17)14(16-8-10-6-7-10)12-9-19-13-5-3-2-4-11(12)13/h2-5,9-10,14,16H,6-8H2,1H3. The number of hydrogen-bond acceptors (Lipinski definition) is 4. The monoisotopic (exact) mass is 275 g/mol. The Hall–Kier alpha value is -1.39. The fourth-order valence-electron chi connectivity index (χ4n) is 2.27. The Morgan fingerprint density at radius 1 is 1.47 bits per heavy atom. The lowest BCUT2D eigenvalue weighted by atomic mass is 10.1. The van der Waals surface area contributed by atoms with Crippen LogP contribution in [-0.4, -0.2) is 19.6 Å². The zero-order valence-electron chi connectivity index (χ0n) is 10.9. The average molecular weight is 275 g/mol. The molecule has 1 aliphatic rings. The third-order valence-electron chi connectivity index (χ3n) is 3.57. The van der Waals surface area contributed by atoms with E-state index in [1.807, 2.05) is 12.1 Å². The third kappa shape index (κ3) is 2.65. The normalized spacial score (nSPS) is 16.5. The van der Waals surface area contributed by atoms with Gasteiger partial charge in [-0.3, -0.25) is 0 Å². The van der Waals surface area contributed by atoms with E-state index in [2.05, 4.69) is 22.8 Å². The number of methoxy groups -OCH3 is 1. The molecular weight excluding hydrogens is 258 g/mol. The molecule has 1 aliphatic carbocycles. The van der Waals surface area contributed by atoms with E-state index in [4.69, 9.17) is 4.74 Å². The van der Waals surface area contributed by atoms with Crippen LogP contribution in [0.3, 0.4) is 0 Å². The number of benzene rings is 1. The molecule has 3 nitrogen and oxygen atoms in total. The predicted molar refractivity (Wildman–Crippen MR) is 77.3 cm³/mol. The van der Waals surface area contributed by atoms with Crippen molar-refractivity contribution in [3.8, 4) is 0 Å². The minimum Gasteiger partial charge on any atom is -0.468 e. The fourth-order valence-corrected chi connectivity index (χ4v) is 3.25. The number of esters is 1. The summed E-state index contributed by atoms with van der Waals surface area (Å²) in [5.41, 5.74) is 1.04. The van der Waals surface area contributed by atoms with Gasteiger partial charge in [0.25, 0.3) is 0 Å². The molecule has 0 spiro atoms. The first-order valence-corrected chi connectivity index (χ1v) is 7.45. The van der Waals surface area contributed by atoms with Gasteiger partial charge in [0.1, 0.15) is 6.04 Å². The first-order valence-electron chi connectivity index (χ1n) is 6.57. The summed E-state index contributed by atoms with van der Waals surface area (Å²) in [5.74, 6) is 0.529. The van der Waals surface area contributed by atoms with Crippen molar-refractivity contribution in [1.82, 2.24) is 5.32 Å². The summed E-state index contributed by atoms with van der Waals surface area (Å²) in [4.78, 5) is 12.0. The van der Waals surface area contributed by atoms with Crippen LogP contribution >= 0.6 is 11.3 Å². The molecule has 1 aromatic heterocycles. The highest BCUT2D eigenvalue weighted by Gasteiger charge is 2.28. The minimum atomic E-state index is -0.346. The van der Waals surface area contributed by atoms with Crippen LogP contribution in [0.15, 0.2) is 29.6 Å². The summed E-state index contributed by atoms with van der Waals surface area (Å²) in [6, 6.07) is 7.83. The molecule has 0 saturated heterocycles. The predicted octanol–water partition coefficient (Wildman–Crippen LogP) is 3.12. The van der Waals surface area contributed by atoms with Gasteiger partial charge in [-0.2, -0.15) is 0 Å². The van der Waals surface area contributed by atoms with E-state index in [1.54, 1.807) is 11.3 Å². The van der Waals surface area contributed by atoms with Gasteiger partial charge in [0, 0.05) is 4.70 Å². The van der Waals surface area contributed by atoms with E-state index < -0.39 is 0 Å². The second kappa shape index (κ2) is 5.31. The van der Waals surface area contributed by atoms with E-state index in [9.17, 15) is 4.79 Å². The van der Waals surface area contributed by atoms with E-state index in [0.717, 1.165) is 23.4 Å². The maximum atomic E-state index is 12.0. The number of fused-ring (bicyclic) bond motifs is 1. The Bertz CT molecular complexity index is 589. The van der Waals surface area contributed by atoms with Crippen LogP contribution in [0.1, 0.15) is 24.4 Å². The number of rotatable bonds is 5. The van der Waals surface area contributed by atoms with Crippen molar-refractivity contribution in [2.45, 2.75) is 18.9 Å². The molecular formula is C15H17NO2S. The van der Waals surface area contributed by atoms with Crippen molar-refractivity contribution in [2.75, 3.05) is 13.7 Å². The molecule has 1 fully saturated rings. The van der Waals surface area contributed by atoms with Crippen LogP contribution in [0.25, 0.3) is 10.1 Å². The zero-order chi connectivity index (χ0) is 13.2. The van der Waals surface area contributed by atoms with Crippen molar-refractivity contribution in [3.63, 3.8) is 0 Å². The van der Waals surface area contributed by atoms with Crippen molar-refractivity contribution in [1.29, 1.82) is 0 Å². The average Bonchev–Trinajstić information content (AvgIpc) is 3.18. The quantitative estimate of drug-likeness (QED) is 0.852. The molecule has 3 rings (SSSR count). The van der Waals surface area contributed by atoms with Gasteiger partial charge < -0.3 is 10.1 Å². The number of carbonyl (C=O) groups is 1. The molecule has 19 heavy (non-hydrogen) atoms. The Kier molecular flexibility index (Phi) is 3.53. The summed E-state index contributed by atoms with van der Waals surface area (Å²) in [5, 5.41) is 6.57. The SMILES string of the molecule is COC(=O)C(NCC1CC1)c1csc2ccccc12. The van der Waals surface area contributed by atoms with Crippen molar-refractivity contribution in [2.24, 2.45) is 5.92 Å². The lowest BCUT2D eigenvalue weighted by molar-refractivity contribution is -0.143. The molecule has 4 heteroatoms. The molecule has 0 aliphatic heterocycles. The molecule has 0 bridgehead atoms. The third-order valence-corrected chi connectivity index (χ3v) is 4.55. The number of thiophene rings is 1. The number of nitrogens with one attached hydrogen (secondary N) is 1. The summed E-state index contributed by atoms with van der Waals surface area (Å²) >= 11 is 1.67. The van der Waals surface area contributed by atoms with E-state index in [1.165, 1.54) is 24.7 Å². The maximum absolute atomic E-state index is 12.0. The van der Waals surface area contributed by atoms with E-state index >= 15 is 0 Å². The summed E-state index contributed by atoms with van der Waals surface area (Å²) in [6.45, 7) is 0.893. The topological polar surface area (TPSA) is 38.3 Å². The van der Waals surface area contributed by atoms with Crippen molar-refractivity contribution in [3.05, 3.63) is 35.2 Å². The summed E-state index contributed by atoms with van der Waals surface area (Å²) in [6.07, 6.45) is 2.54. The van der Waals surface area contributed by atoms with Crippen LogP contribution in [0, 0.1) is 5.92 Å². The summed E-state index contributed by atoms with van der Waals surface area (Å²) in [7, 11) is 1.45. The summed E-state index contributed by atoms with van der Waals surface area (Å²) < 4.78 is 6.15. The van der Waals surface area contributed by atoms with Gasteiger partial charge in [-0.15, -0.1) is 11.3 Å². The Morgan fingerprint density at radius 3 is 3.00 bits per heavy atom. The second-order valence-corrected chi connectivity index (χ2v) is 5.91. The van der Waals surface area contributed by atoms with Crippen molar-refractivity contribution >= 4 is 27.4 Å². The highest BCUT2D eigenvalue weighted by Crippen LogP contribution is 2.32. The van der Waals surface area contributed by atoms with Crippen LogP contribution < -0.4 is 5.32 Å². The maximum Gasteiger partial charge on any atom is 0.327 e. The van der Waals surface area contributed by atoms with Crippen molar-refractivity contribution < 1.29 is 9.53 Å².